The lowest BCUT2D eigenvalue weighted by atomic mass is 10.1. The number of aromatic nitrogens is 4. The molecule has 0 bridgehead atoms. The van der Waals surface area contributed by atoms with E-state index in [4.69, 9.17) is 16.3 Å². The van der Waals surface area contributed by atoms with Crippen molar-refractivity contribution in [2.45, 2.75) is 25.5 Å². The third-order valence-electron chi connectivity index (χ3n) is 4.86. The number of nitrogens with zero attached hydrogens (tertiary/aromatic N) is 4. The van der Waals surface area contributed by atoms with Crippen LogP contribution in [0.5, 0.6) is 5.75 Å². The number of hydrogen-bond acceptors (Lipinski definition) is 7. The SMILES string of the molecule is Cc1ccc(C)c(OCn2ccc(C(=O)Nc3ccc(S(=O)(=O)Nc4ccc(Cl)nn4)cc3)n2)c1. The van der Waals surface area contributed by atoms with Crippen molar-refractivity contribution >= 4 is 39.0 Å². The molecule has 2 aromatic carbocycles. The van der Waals surface area contributed by atoms with Gasteiger partial charge in [-0.2, -0.15) is 5.10 Å². The van der Waals surface area contributed by atoms with E-state index in [2.05, 4.69) is 25.3 Å². The van der Waals surface area contributed by atoms with Gasteiger partial charge in [0, 0.05) is 11.9 Å². The van der Waals surface area contributed by atoms with Crippen LogP contribution in [-0.2, 0) is 16.8 Å². The quantitative estimate of drug-likeness (QED) is 0.364. The van der Waals surface area contributed by atoms with Crippen LogP contribution in [0.2, 0.25) is 5.15 Å². The lowest BCUT2D eigenvalue weighted by molar-refractivity contribution is 0.102. The zero-order valence-corrected chi connectivity index (χ0v) is 20.3. The maximum Gasteiger partial charge on any atom is 0.276 e. The molecule has 2 N–H and O–H groups in total. The van der Waals surface area contributed by atoms with Crippen LogP contribution in [0.4, 0.5) is 11.5 Å². The molecule has 2 aromatic heterocycles. The second-order valence-corrected chi connectivity index (χ2v) is 9.68. The summed E-state index contributed by atoms with van der Waals surface area (Å²) in [6.45, 7) is 4.08. The van der Waals surface area contributed by atoms with Crippen LogP contribution in [0.3, 0.4) is 0 Å². The summed E-state index contributed by atoms with van der Waals surface area (Å²) in [5, 5.41) is 14.3. The van der Waals surface area contributed by atoms with E-state index in [1.807, 2.05) is 32.0 Å². The predicted molar refractivity (Wildman–Crippen MR) is 131 cm³/mol. The van der Waals surface area contributed by atoms with Crippen LogP contribution < -0.4 is 14.8 Å². The molecule has 0 saturated heterocycles. The smallest absolute Gasteiger partial charge is 0.276 e. The average molecular weight is 513 g/mol. The molecule has 0 radical (unpaired) electrons. The molecule has 0 atom stereocenters. The van der Waals surface area contributed by atoms with E-state index in [1.54, 1.807) is 12.3 Å². The van der Waals surface area contributed by atoms with Gasteiger partial charge in [0.25, 0.3) is 15.9 Å². The van der Waals surface area contributed by atoms with Crippen LogP contribution in [-0.4, -0.2) is 34.3 Å². The highest BCUT2D eigenvalue weighted by Crippen LogP contribution is 2.20. The zero-order valence-electron chi connectivity index (χ0n) is 18.8. The fourth-order valence-corrected chi connectivity index (χ4v) is 4.13. The van der Waals surface area contributed by atoms with Crippen LogP contribution >= 0.6 is 11.6 Å². The summed E-state index contributed by atoms with van der Waals surface area (Å²) in [6.07, 6.45) is 1.64. The summed E-state index contributed by atoms with van der Waals surface area (Å²) in [5.74, 6) is 0.337. The van der Waals surface area contributed by atoms with Crippen LogP contribution in [0.1, 0.15) is 21.6 Å². The Morgan fingerprint density at radius 2 is 1.80 bits per heavy atom. The number of ether oxygens (including phenoxy) is 1. The largest absolute Gasteiger partial charge is 0.471 e. The number of amides is 1. The number of anilines is 2. The van der Waals surface area contributed by atoms with Gasteiger partial charge in [0.15, 0.2) is 23.4 Å². The van der Waals surface area contributed by atoms with E-state index in [-0.39, 0.29) is 28.3 Å². The molecule has 0 spiro atoms. The zero-order chi connectivity index (χ0) is 25.0. The third-order valence-corrected chi connectivity index (χ3v) is 6.43. The monoisotopic (exact) mass is 512 g/mol. The first kappa shape index (κ1) is 24.2. The van der Waals surface area contributed by atoms with Gasteiger partial charge in [0.2, 0.25) is 0 Å². The summed E-state index contributed by atoms with van der Waals surface area (Å²) in [5.41, 5.74) is 2.68. The summed E-state index contributed by atoms with van der Waals surface area (Å²) >= 11 is 5.66. The first-order chi connectivity index (χ1) is 16.7. The molecule has 0 fully saturated rings. The van der Waals surface area contributed by atoms with Crippen molar-refractivity contribution in [1.29, 1.82) is 0 Å². The normalized spacial score (nSPS) is 11.2. The molecule has 180 valence electrons. The van der Waals surface area contributed by atoms with E-state index < -0.39 is 15.9 Å². The fraction of sp³-hybridized carbons (Fsp3) is 0.130. The number of hydrogen-bond donors (Lipinski definition) is 2. The minimum absolute atomic E-state index is 0.0138. The number of aryl methyl sites for hydroxylation is 2. The highest BCUT2D eigenvalue weighted by molar-refractivity contribution is 7.92. The van der Waals surface area contributed by atoms with Crippen molar-refractivity contribution in [1.82, 2.24) is 20.0 Å². The van der Waals surface area contributed by atoms with Gasteiger partial charge in [-0.1, -0.05) is 23.7 Å². The molecule has 0 aliphatic carbocycles. The van der Waals surface area contributed by atoms with Gasteiger partial charge >= 0.3 is 0 Å². The topological polar surface area (TPSA) is 128 Å². The Labute approximate surface area is 207 Å². The van der Waals surface area contributed by atoms with Gasteiger partial charge < -0.3 is 10.1 Å². The molecule has 0 unspecified atom stereocenters. The molecular formula is C23H21ClN6O4S. The molecular weight excluding hydrogens is 492 g/mol. The number of rotatable bonds is 8. The Bertz CT molecular complexity index is 1450. The van der Waals surface area contributed by atoms with Crippen molar-refractivity contribution in [3.05, 3.63) is 88.8 Å². The highest BCUT2D eigenvalue weighted by atomic mass is 35.5. The molecule has 0 aliphatic rings. The number of sulfonamides is 1. The Kier molecular flexibility index (Phi) is 6.99. The minimum Gasteiger partial charge on any atom is -0.471 e. The first-order valence-corrected chi connectivity index (χ1v) is 12.2. The van der Waals surface area contributed by atoms with Crippen molar-refractivity contribution in [2.75, 3.05) is 10.0 Å². The molecule has 0 aliphatic heterocycles. The van der Waals surface area contributed by atoms with Crippen molar-refractivity contribution in [3.8, 4) is 5.75 Å². The maximum absolute atomic E-state index is 12.6. The third kappa shape index (κ3) is 6.14. The Morgan fingerprint density at radius 3 is 2.51 bits per heavy atom. The maximum atomic E-state index is 12.6. The lowest BCUT2D eigenvalue weighted by Crippen LogP contribution is -2.16. The molecule has 4 rings (SSSR count). The predicted octanol–water partition coefficient (Wildman–Crippen LogP) is 4.03. The second-order valence-electron chi connectivity index (χ2n) is 7.61. The number of nitrogens with one attached hydrogen (secondary N) is 2. The van der Waals surface area contributed by atoms with Crippen molar-refractivity contribution in [2.24, 2.45) is 0 Å². The van der Waals surface area contributed by atoms with Gasteiger partial charge in [-0.15, -0.1) is 10.2 Å². The van der Waals surface area contributed by atoms with E-state index in [0.29, 0.717) is 5.69 Å². The van der Waals surface area contributed by atoms with Gasteiger partial charge in [-0.3, -0.25) is 9.52 Å². The van der Waals surface area contributed by atoms with E-state index >= 15 is 0 Å². The molecule has 0 saturated carbocycles. The van der Waals surface area contributed by atoms with Gasteiger partial charge in [-0.25, -0.2) is 13.1 Å². The van der Waals surface area contributed by atoms with E-state index in [0.717, 1.165) is 16.9 Å². The fourth-order valence-electron chi connectivity index (χ4n) is 3.03. The van der Waals surface area contributed by atoms with Gasteiger partial charge in [0.1, 0.15) is 5.75 Å². The van der Waals surface area contributed by atoms with Crippen molar-refractivity contribution < 1.29 is 17.9 Å². The van der Waals surface area contributed by atoms with Gasteiger partial charge in [0.05, 0.1) is 4.90 Å². The van der Waals surface area contributed by atoms with Crippen LogP contribution in [0.15, 0.2) is 71.8 Å². The summed E-state index contributed by atoms with van der Waals surface area (Å²) in [6, 6.07) is 16.0. The summed E-state index contributed by atoms with van der Waals surface area (Å²) in [7, 11) is -3.89. The average Bonchev–Trinajstić information content (AvgIpc) is 3.31. The van der Waals surface area contributed by atoms with E-state index in [1.165, 1.54) is 41.1 Å². The number of carbonyl (C=O) groups excluding carboxylic acids is 1. The summed E-state index contributed by atoms with van der Waals surface area (Å²) < 4.78 is 34.7. The molecule has 10 nitrogen and oxygen atoms in total. The Balaban J connectivity index is 1.36. The van der Waals surface area contributed by atoms with Gasteiger partial charge in [-0.05, 0) is 73.5 Å². The molecule has 2 heterocycles. The standard InChI is InChI=1S/C23H21ClN6O4S/c1-15-3-4-16(2)20(13-15)34-14-30-12-11-19(28-30)23(31)25-17-5-7-18(8-6-17)35(32,33)29-22-10-9-21(24)26-27-22/h3-13H,14H2,1-2H3,(H,25,31)(H,27,29). The van der Waals surface area contributed by atoms with E-state index in [9.17, 15) is 13.2 Å². The lowest BCUT2D eigenvalue weighted by Gasteiger charge is -2.10. The van der Waals surface area contributed by atoms with Crippen LogP contribution in [0, 0.1) is 13.8 Å². The molecule has 12 heteroatoms. The molecule has 1 amide bonds. The molecule has 35 heavy (non-hydrogen) atoms. The second kappa shape index (κ2) is 10.1. The number of halogens is 1. The minimum atomic E-state index is -3.89. The number of carbonyl (C=O) groups is 1. The first-order valence-electron chi connectivity index (χ1n) is 10.4. The van der Waals surface area contributed by atoms with Crippen LogP contribution in [0.25, 0.3) is 0 Å². The summed E-state index contributed by atoms with van der Waals surface area (Å²) in [4.78, 5) is 12.6. The highest BCUT2D eigenvalue weighted by Gasteiger charge is 2.16. The Morgan fingerprint density at radius 1 is 1.03 bits per heavy atom. The number of benzene rings is 2. The molecule has 4 aromatic rings. The Hall–Kier alpha value is -3.96. The van der Waals surface area contributed by atoms with Crippen molar-refractivity contribution in [3.63, 3.8) is 0 Å².